The molecule has 0 aliphatic carbocycles. The highest BCUT2D eigenvalue weighted by Crippen LogP contribution is 2.41. The minimum Gasteiger partial charge on any atom is -0.315 e. The van der Waals surface area contributed by atoms with Gasteiger partial charge in [0.05, 0.1) is 24.0 Å². The molecule has 2 aromatic carbocycles. The Morgan fingerprint density at radius 1 is 1.21 bits per heavy atom. The molecule has 2 fully saturated rings. The van der Waals surface area contributed by atoms with E-state index in [0.29, 0.717) is 16.4 Å². The molecule has 0 aromatic heterocycles. The maximum absolute atomic E-state index is 14.2. The standard InChI is InChI=1S/C21H21FN2O3S2/c1-13-4-3-5-15(8-13)9-20(25)23-21-24(16-7-6-14(2)17(22)10-16)18-11-29(26,27)12-19(18)28-21/h3-8,10,18-19H,9,11-12H2,1-2H3/t18-,19-/m0/s1. The van der Waals surface area contributed by atoms with Crippen LogP contribution >= 0.6 is 11.8 Å². The molecule has 2 aliphatic rings. The van der Waals surface area contributed by atoms with Gasteiger partial charge in [-0.1, -0.05) is 47.7 Å². The third-order valence-electron chi connectivity index (χ3n) is 5.16. The zero-order chi connectivity index (χ0) is 20.8. The predicted molar refractivity (Wildman–Crippen MR) is 115 cm³/mol. The SMILES string of the molecule is Cc1cccc(CC(=O)N=C2S[C@H]3CS(=O)(=O)C[C@@H]3N2c2ccc(C)c(F)c2)c1. The smallest absolute Gasteiger partial charge is 0.252 e. The molecule has 152 valence electrons. The van der Waals surface area contributed by atoms with Crippen LogP contribution in [0.25, 0.3) is 0 Å². The maximum Gasteiger partial charge on any atom is 0.252 e. The first-order chi connectivity index (χ1) is 13.7. The van der Waals surface area contributed by atoms with Gasteiger partial charge >= 0.3 is 0 Å². The largest absolute Gasteiger partial charge is 0.315 e. The number of benzene rings is 2. The van der Waals surface area contributed by atoms with Gasteiger partial charge in [0.25, 0.3) is 5.91 Å². The number of hydrogen-bond donors (Lipinski definition) is 0. The maximum atomic E-state index is 14.2. The number of aryl methyl sites for hydroxylation is 2. The number of halogens is 1. The lowest BCUT2D eigenvalue weighted by atomic mass is 10.1. The Balaban J connectivity index is 1.66. The fraction of sp³-hybridized carbons (Fsp3) is 0.333. The molecule has 0 unspecified atom stereocenters. The van der Waals surface area contributed by atoms with Crippen LogP contribution in [0.15, 0.2) is 47.5 Å². The van der Waals surface area contributed by atoms with Gasteiger partial charge < -0.3 is 4.90 Å². The van der Waals surface area contributed by atoms with Gasteiger partial charge in [-0.15, -0.1) is 0 Å². The van der Waals surface area contributed by atoms with Gasteiger partial charge in [-0.2, -0.15) is 4.99 Å². The molecule has 2 heterocycles. The number of aliphatic imine (C=N–C) groups is 1. The highest BCUT2D eigenvalue weighted by atomic mass is 32.2. The second-order valence-corrected chi connectivity index (χ2v) is 10.9. The summed E-state index contributed by atoms with van der Waals surface area (Å²) < 4.78 is 38.4. The van der Waals surface area contributed by atoms with Crippen molar-refractivity contribution in [2.45, 2.75) is 31.6 Å². The van der Waals surface area contributed by atoms with Crippen LogP contribution in [0.4, 0.5) is 10.1 Å². The van der Waals surface area contributed by atoms with Crippen molar-refractivity contribution in [1.29, 1.82) is 0 Å². The molecule has 2 saturated heterocycles. The Hall–Kier alpha value is -2.19. The fourth-order valence-electron chi connectivity index (χ4n) is 3.74. The van der Waals surface area contributed by atoms with Crippen LogP contribution in [0.5, 0.6) is 0 Å². The molecular formula is C21H21FN2O3S2. The number of carbonyl (C=O) groups is 1. The van der Waals surface area contributed by atoms with Crippen molar-refractivity contribution in [1.82, 2.24) is 0 Å². The van der Waals surface area contributed by atoms with E-state index in [1.54, 1.807) is 24.0 Å². The summed E-state index contributed by atoms with van der Waals surface area (Å²) >= 11 is 1.29. The van der Waals surface area contributed by atoms with E-state index in [0.717, 1.165) is 11.1 Å². The first-order valence-electron chi connectivity index (χ1n) is 9.31. The number of amides is 1. The summed E-state index contributed by atoms with van der Waals surface area (Å²) in [6.07, 6.45) is 0.162. The molecule has 0 bridgehead atoms. The van der Waals surface area contributed by atoms with Crippen molar-refractivity contribution >= 4 is 38.4 Å². The first kappa shape index (κ1) is 20.1. The van der Waals surface area contributed by atoms with Gasteiger partial charge in [-0.05, 0) is 37.1 Å². The summed E-state index contributed by atoms with van der Waals surface area (Å²) in [6, 6.07) is 12.1. The molecule has 8 heteroatoms. The van der Waals surface area contributed by atoms with Crippen LogP contribution in [0.2, 0.25) is 0 Å². The molecule has 4 rings (SSSR count). The van der Waals surface area contributed by atoms with Crippen LogP contribution in [0.1, 0.15) is 16.7 Å². The van der Waals surface area contributed by atoms with Crippen LogP contribution < -0.4 is 4.90 Å². The second kappa shape index (κ2) is 7.57. The van der Waals surface area contributed by atoms with Crippen molar-refractivity contribution in [2.75, 3.05) is 16.4 Å². The topological polar surface area (TPSA) is 66.8 Å². The van der Waals surface area contributed by atoms with E-state index in [9.17, 15) is 17.6 Å². The number of rotatable bonds is 3. The van der Waals surface area contributed by atoms with Crippen molar-refractivity contribution in [3.8, 4) is 0 Å². The number of nitrogens with zero attached hydrogens (tertiary/aromatic N) is 2. The zero-order valence-corrected chi connectivity index (χ0v) is 17.8. The van der Waals surface area contributed by atoms with Crippen molar-refractivity contribution in [3.05, 3.63) is 65.0 Å². The number of amidine groups is 1. The van der Waals surface area contributed by atoms with E-state index in [1.807, 2.05) is 31.2 Å². The minimum absolute atomic E-state index is 0.0226. The van der Waals surface area contributed by atoms with E-state index in [-0.39, 0.29) is 40.9 Å². The summed E-state index contributed by atoms with van der Waals surface area (Å²) in [5, 5.41) is 0.227. The first-order valence-corrected chi connectivity index (χ1v) is 12.0. The highest BCUT2D eigenvalue weighted by molar-refractivity contribution is 8.16. The van der Waals surface area contributed by atoms with E-state index >= 15 is 0 Å². The molecule has 2 aliphatic heterocycles. The van der Waals surface area contributed by atoms with Crippen LogP contribution in [0, 0.1) is 19.7 Å². The number of sulfone groups is 1. The van der Waals surface area contributed by atoms with Crippen LogP contribution in [-0.4, -0.2) is 42.3 Å². The van der Waals surface area contributed by atoms with Gasteiger partial charge in [0.2, 0.25) is 0 Å². The molecule has 0 radical (unpaired) electrons. The summed E-state index contributed by atoms with van der Waals surface area (Å²) in [6.45, 7) is 3.63. The Bertz CT molecular complexity index is 1110. The monoisotopic (exact) mass is 432 g/mol. The van der Waals surface area contributed by atoms with Crippen LogP contribution in [0.3, 0.4) is 0 Å². The van der Waals surface area contributed by atoms with Gasteiger partial charge in [0, 0.05) is 10.9 Å². The van der Waals surface area contributed by atoms with Gasteiger partial charge in [-0.3, -0.25) is 4.79 Å². The van der Waals surface area contributed by atoms with Gasteiger partial charge in [0.15, 0.2) is 15.0 Å². The fourth-order valence-corrected chi connectivity index (χ4v) is 7.67. The quantitative estimate of drug-likeness (QED) is 0.745. The zero-order valence-electron chi connectivity index (χ0n) is 16.1. The number of hydrogen-bond acceptors (Lipinski definition) is 4. The number of carbonyl (C=O) groups excluding carboxylic acids is 1. The van der Waals surface area contributed by atoms with Crippen molar-refractivity contribution in [2.24, 2.45) is 4.99 Å². The normalized spacial score (nSPS) is 24.1. The van der Waals surface area contributed by atoms with E-state index < -0.39 is 9.84 Å². The lowest BCUT2D eigenvalue weighted by molar-refractivity contribution is -0.117. The predicted octanol–water partition coefficient (Wildman–Crippen LogP) is 3.29. The molecule has 2 atom stereocenters. The number of anilines is 1. The average Bonchev–Trinajstić information content (AvgIpc) is 3.08. The Morgan fingerprint density at radius 3 is 2.72 bits per heavy atom. The van der Waals surface area contributed by atoms with Crippen molar-refractivity contribution in [3.63, 3.8) is 0 Å². The van der Waals surface area contributed by atoms with E-state index in [4.69, 9.17) is 0 Å². The molecule has 0 N–H and O–H groups in total. The minimum atomic E-state index is -3.17. The lowest BCUT2D eigenvalue weighted by Crippen LogP contribution is -2.37. The summed E-state index contributed by atoms with van der Waals surface area (Å²) in [4.78, 5) is 18.6. The van der Waals surface area contributed by atoms with E-state index in [1.165, 1.54) is 17.8 Å². The molecule has 0 saturated carbocycles. The molecule has 0 spiro atoms. The Kier molecular flexibility index (Phi) is 5.25. The highest BCUT2D eigenvalue weighted by Gasteiger charge is 2.49. The summed E-state index contributed by atoms with van der Waals surface area (Å²) in [5.41, 5.74) is 2.96. The summed E-state index contributed by atoms with van der Waals surface area (Å²) in [5.74, 6) is -0.662. The third kappa shape index (κ3) is 4.23. The molecule has 1 amide bonds. The Labute approximate surface area is 173 Å². The molecular weight excluding hydrogens is 411 g/mol. The molecule has 2 aromatic rings. The van der Waals surface area contributed by atoms with Crippen LogP contribution in [-0.2, 0) is 21.1 Å². The number of thioether (sulfide) groups is 1. The summed E-state index contributed by atoms with van der Waals surface area (Å²) in [7, 11) is -3.17. The second-order valence-electron chi connectivity index (χ2n) is 7.56. The van der Waals surface area contributed by atoms with E-state index in [2.05, 4.69) is 4.99 Å². The number of fused-ring (bicyclic) bond motifs is 1. The average molecular weight is 433 g/mol. The lowest BCUT2D eigenvalue weighted by Gasteiger charge is -2.24. The molecule has 29 heavy (non-hydrogen) atoms. The van der Waals surface area contributed by atoms with Crippen molar-refractivity contribution < 1.29 is 17.6 Å². The third-order valence-corrected chi connectivity index (χ3v) is 8.37. The van der Waals surface area contributed by atoms with Gasteiger partial charge in [0.1, 0.15) is 5.82 Å². The van der Waals surface area contributed by atoms with Gasteiger partial charge in [-0.25, -0.2) is 12.8 Å². The Morgan fingerprint density at radius 2 is 2.00 bits per heavy atom. The molecule has 5 nitrogen and oxygen atoms in total.